The van der Waals surface area contributed by atoms with E-state index in [1.165, 1.54) is 0 Å². The van der Waals surface area contributed by atoms with Crippen LogP contribution < -0.4 is 10.3 Å². The molecule has 0 aliphatic rings. The largest absolute Gasteiger partial charge is 0.496 e. The molecule has 0 saturated heterocycles. The number of methoxy groups -OCH3 is 1. The monoisotopic (exact) mass is 332 g/mol. The number of pyridine rings is 1. The molecule has 5 heteroatoms. The van der Waals surface area contributed by atoms with E-state index < -0.39 is 0 Å². The van der Waals surface area contributed by atoms with Crippen LogP contribution in [0.4, 0.5) is 0 Å². The molecule has 0 radical (unpaired) electrons. The smallest absolute Gasteiger partial charge is 0.268 e. The van der Waals surface area contributed by atoms with Gasteiger partial charge in [0.2, 0.25) is 0 Å². The first kappa shape index (κ1) is 14.4. The standard InChI is InChI=1S/C15H13BrN2O2/c1-10-3-4-11(8-17)15(19)18(10)9-12-7-13(16)5-6-14(12)20-2/h3-7H,9H2,1-2H3. The Labute approximate surface area is 125 Å². The first-order valence-corrected chi connectivity index (χ1v) is 6.79. The minimum absolute atomic E-state index is 0.143. The first-order valence-electron chi connectivity index (χ1n) is 5.99. The Morgan fingerprint density at radius 2 is 2.10 bits per heavy atom. The second-order valence-corrected chi connectivity index (χ2v) is 5.26. The fraction of sp³-hybridized carbons (Fsp3) is 0.200. The van der Waals surface area contributed by atoms with Crippen LogP contribution >= 0.6 is 15.9 Å². The summed E-state index contributed by atoms with van der Waals surface area (Å²) in [6.07, 6.45) is 0. The van der Waals surface area contributed by atoms with Gasteiger partial charge in [0.25, 0.3) is 5.56 Å². The molecule has 1 aromatic carbocycles. The third-order valence-electron chi connectivity index (χ3n) is 3.08. The first-order chi connectivity index (χ1) is 9.56. The molecule has 0 aliphatic carbocycles. The topological polar surface area (TPSA) is 55.0 Å². The molecule has 1 heterocycles. The van der Waals surface area contributed by atoms with Gasteiger partial charge in [0.1, 0.15) is 17.4 Å². The Morgan fingerprint density at radius 3 is 2.75 bits per heavy atom. The SMILES string of the molecule is COc1ccc(Br)cc1Cn1c(C)ccc(C#N)c1=O. The van der Waals surface area contributed by atoms with Crippen LogP contribution in [0, 0.1) is 18.3 Å². The van der Waals surface area contributed by atoms with Gasteiger partial charge in [-0.05, 0) is 37.3 Å². The highest BCUT2D eigenvalue weighted by Crippen LogP contribution is 2.23. The van der Waals surface area contributed by atoms with Gasteiger partial charge >= 0.3 is 0 Å². The Kier molecular flexibility index (Phi) is 4.26. The molecule has 1 aromatic heterocycles. The number of nitriles is 1. The van der Waals surface area contributed by atoms with Crippen LogP contribution in [-0.4, -0.2) is 11.7 Å². The van der Waals surface area contributed by atoms with Crippen molar-refractivity contribution in [3.8, 4) is 11.8 Å². The zero-order valence-corrected chi connectivity index (χ0v) is 12.8. The Bertz CT molecular complexity index is 745. The predicted molar refractivity (Wildman–Crippen MR) is 80.0 cm³/mol. The van der Waals surface area contributed by atoms with Gasteiger partial charge in [-0.25, -0.2) is 0 Å². The molecule has 0 N–H and O–H groups in total. The molecule has 4 nitrogen and oxygen atoms in total. The maximum Gasteiger partial charge on any atom is 0.268 e. The third-order valence-corrected chi connectivity index (χ3v) is 3.58. The second-order valence-electron chi connectivity index (χ2n) is 4.35. The molecule has 20 heavy (non-hydrogen) atoms. The van der Waals surface area contributed by atoms with E-state index in [1.807, 2.05) is 31.2 Å². The number of aryl methyl sites for hydroxylation is 1. The van der Waals surface area contributed by atoms with Crippen LogP contribution in [-0.2, 0) is 6.54 Å². The van der Waals surface area contributed by atoms with Gasteiger partial charge in [0.05, 0.1) is 13.7 Å². The van der Waals surface area contributed by atoms with E-state index >= 15 is 0 Å². The zero-order valence-electron chi connectivity index (χ0n) is 11.2. The second kappa shape index (κ2) is 5.93. The highest BCUT2D eigenvalue weighted by atomic mass is 79.9. The fourth-order valence-corrected chi connectivity index (χ4v) is 2.40. The molecule has 0 bridgehead atoms. The minimum atomic E-state index is -0.283. The van der Waals surface area contributed by atoms with E-state index in [9.17, 15) is 4.79 Å². The molecule has 0 atom stereocenters. The summed E-state index contributed by atoms with van der Waals surface area (Å²) in [5.41, 5.74) is 1.54. The summed E-state index contributed by atoms with van der Waals surface area (Å²) >= 11 is 3.41. The molecule has 0 fully saturated rings. The summed E-state index contributed by atoms with van der Waals surface area (Å²) in [6, 6.07) is 10.9. The van der Waals surface area contributed by atoms with Gasteiger partial charge in [-0.3, -0.25) is 4.79 Å². The predicted octanol–water partition coefficient (Wildman–Crippen LogP) is 2.85. The van der Waals surface area contributed by atoms with Crippen LogP contribution in [0.2, 0.25) is 0 Å². The summed E-state index contributed by atoms with van der Waals surface area (Å²) in [5.74, 6) is 0.710. The van der Waals surface area contributed by atoms with Gasteiger partial charge in [0, 0.05) is 15.7 Å². The summed E-state index contributed by atoms with van der Waals surface area (Å²) in [6.45, 7) is 2.20. The van der Waals surface area contributed by atoms with E-state index in [0.29, 0.717) is 12.3 Å². The van der Waals surface area contributed by atoms with Crippen molar-refractivity contribution >= 4 is 15.9 Å². The van der Waals surface area contributed by atoms with E-state index in [2.05, 4.69) is 15.9 Å². The van der Waals surface area contributed by atoms with E-state index in [0.717, 1.165) is 15.7 Å². The number of benzene rings is 1. The lowest BCUT2D eigenvalue weighted by Crippen LogP contribution is -2.25. The number of nitrogens with zero attached hydrogens (tertiary/aromatic N) is 2. The van der Waals surface area contributed by atoms with Crippen molar-refractivity contribution in [2.24, 2.45) is 0 Å². The van der Waals surface area contributed by atoms with E-state index in [4.69, 9.17) is 10.00 Å². The van der Waals surface area contributed by atoms with Crippen LogP contribution in [0.3, 0.4) is 0 Å². The van der Waals surface area contributed by atoms with Gasteiger partial charge in [-0.2, -0.15) is 5.26 Å². The number of hydrogen-bond acceptors (Lipinski definition) is 3. The van der Waals surface area contributed by atoms with Crippen molar-refractivity contribution in [1.29, 1.82) is 5.26 Å². The summed E-state index contributed by atoms with van der Waals surface area (Å²) in [4.78, 5) is 12.2. The van der Waals surface area contributed by atoms with Gasteiger partial charge in [-0.1, -0.05) is 15.9 Å². The number of ether oxygens (including phenoxy) is 1. The molecule has 0 saturated carbocycles. The number of halogens is 1. The molecule has 2 rings (SSSR count). The average Bonchev–Trinajstić information content (AvgIpc) is 2.44. The quantitative estimate of drug-likeness (QED) is 0.868. The molecular formula is C15H13BrN2O2. The maximum absolute atomic E-state index is 12.2. The zero-order chi connectivity index (χ0) is 14.7. The fourth-order valence-electron chi connectivity index (χ4n) is 1.99. The van der Waals surface area contributed by atoms with Crippen molar-refractivity contribution in [2.45, 2.75) is 13.5 Å². The van der Waals surface area contributed by atoms with Crippen LogP contribution in [0.25, 0.3) is 0 Å². The summed E-state index contributed by atoms with van der Waals surface area (Å²) in [5, 5.41) is 8.95. The molecule has 0 amide bonds. The highest BCUT2D eigenvalue weighted by Gasteiger charge is 2.10. The molecule has 0 unspecified atom stereocenters. The molecule has 0 aliphatic heterocycles. The van der Waals surface area contributed by atoms with Crippen LogP contribution in [0.5, 0.6) is 5.75 Å². The van der Waals surface area contributed by atoms with Crippen molar-refractivity contribution in [3.63, 3.8) is 0 Å². The molecular weight excluding hydrogens is 320 g/mol. The van der Waals surface area contributed by atoms with Crippen molar-refractivity contribution in [2.75, 3.05) is 7.11 Å². The third kappa shape index (κ3) is 2.75. The van der Waals surface area contributed by atoms with Crippen molar-refractivity contribution < 1.29 is 4.74 Å². The Balaban J connectivity index is 2.53. The highest BCUT2D eigenvalue weighted by molar-refractivity contribution is 9.10. The van der Waals surface area contributed by atoms with Gasteiger partial charge in [-0.15, -0.1) is 0 Å². The average molecular weight is 333 g/mol. The van der Waals surface area contributed by atoms with Gasteiger partial charge < -0.3 is 9.30 Å². The number of hydrogen-bond donors (Lipinski definition) is 0. The van der Waals surface area contributed by atoms with Crippen LogP contribution in [0.15, 0.2) is 39.6 Å². The molecule has 0 spiro atoms. The number of aromatic nitrogens is 1. The summed E-state index contributed by atoms with van der Waals surface area (Å²) in [7, 11) is 1.59. The lowest BCUT2D eigenvalue weighted by molar-refractivity contribution is 0.408. The normalized spacial score (nSPS) is 10.1. The summed E-state index contributed by atoms with van der Waals surface area (Å²) < 4.78 is 7.79. The lowest BCUT2D eigenvalue weighted by Gasteiger charge is -2.13. The molecule has 102 valence electrons. The van der Waals surface area contributed by atoms with Gasteiger partial charge in [0.15, 0.2) is 0 Å². The Hall–Kier alpha value is -2.06. The van der Waals surface area contributed by atoms with E-state index in [-0.39, 0.29) is 11.1 Å². The Morgan fingerprint density at radius 1 is 1.35 bits per heavy atom. The maximum atomic E-state index is 12.2. The minimum Gasteiger partial charge on any atom is -0.496 e. The lowest BCUT2D eigenvalue weighted by atomic mass is 10.1. The molecule has 2 aromatic rings. The van der Waals surface area contributed by atoms with E-state index in [1.54, 1.807) is 23.8 Å². The van der Waals surface area contributed by atoms with Crippen molar-refractivity contribution in [3.05, 3.63) is 62.0 Å². The van der Waals surface area contributed by atoms with Crippen LogP contribution in [0.1, 0.15) is 16.8 Å². The number of rotatable bonds is 3. The van der Waals surface area contributed by atoms with Crippen molar-refractivity contribution in [1.82, 2.24) is 4.57 Å².